The molecule has 1 aromatic carbocycles. The van der Waals surface area contributed by atoms with E-state index in [4.69, 9.17) is 4.74 Å². The molecule has 2 unspecified atom stereocenters. The molecule has 0 radical (unpaired) electrons. The second-order valence-corrected chi connectivity index (χ2v) is 7.76. The van der Waals surface area contributed by atoms with Crippen LogP contribution in [0.2, 0.25) is 0 Å². The van der Waals surface area contributed by atoms with Crippen LogP contribution in [0.25, 0.3) is 0 Å². The van der Waals surface area contributed by atoms with Crippen molar-refractivity contribution < 1.29 is 13.2 Å². The molecule has 0 aliphatic rings. The molecule has 2 atom stereocenters. The molecule has 0 saturated heterocycles. The lowest BCUT2D eigenvalue weighted by Crippen LogP contribution is -2.19. The Hall–Kier alpha value is -1.07. The first-order valence-corrected chi connectivity index (χ1v) is 9.21. The Morgan fingerprint density at radius 1 is 1.24 bits per heavy atom. The molecule has 0 aromatic heterocycles. The average molecular weight is 313 g/mol. The topological polar surface area (TPSA) is 55.4 Å². The van der Waals surface area contributed by atoms with E-state index in [1.165, 1.54) is 0 Å². The number of nitrogens with one attached hydrogen (secondary N) is 1. The first-order valence-electron chi connectivity index (χ1n) is 7.50. The Kier molecular flexibility index (Phi) is 6.68. The highest BCUT2D eigenvalue weighted by Gasteiger charge is 2.22. The van der Waals surface area contributed by atoms with Crippen LogP contribution in [0.4, 0.5) is 0 Å². The number of hydrogen-bond donors (Lipinski definition) is 1. The summed E-state index contributed by atoms with van der Waals surface area (Å²) in [6.45, 7) is 8.12. The highest BCUT2D eigenvalue weighted by atomic mass is 32.2. The maximum atomic E-state index is 12.4. The van der Waals surface area contributed by atoms with Crippen molar-refractivity contribution in [1.29, 1.82) is 0 Å². The van der Waals surface area contributed by atoms with Crippen LogP contribution in [0.1, 0.15) is 51.3 Å². The molecule has 0 bridgehead atoms. The van der Waals surface area contributed by atoms with E-state index in [1.807, 2.05) is 46.0 Å². The molecule has 0 amide bonds. The summed E-state index contributed by atoms with van der Waals surface area (Å²) in [6.07, 6.45) is 0.624. The van der Waals surface area contributed by atoms with E-state index in [-0.39, 0.29) is 17.0 Å². The fourth-order valence-electron chi connectivity index (χ4n) is 2.06. The molecule has 0 spiro atoms. The van der Waals surface area contributed by atoms with Gasteiger partial charge in [0.15, 0.2) is 9.84 Å². The molecule has 120 valence electrons. The number of benzene rings is 1. The van der Waals surface area contributed by atoms with Gasteiger partial charge in [0.05, 0.1) is 17.6 Å². The molecule has 0 heterocycles. The first-order chi connectivity index (χ1) is 9.85. The summed E-state index contributed by atoms with van der Waals surface area (Å²) in [4.78, 5) is 0. The van der Waals surface area contributed by atoms with Crippen molar-refractivity contribution in [2.24, 2.45) is 0 Å². The van der Waals surface area contributed by atoms with E-state index in [0.717, 1.165) is 11.1 Å². The minimum atomic E-state index is -3.15. The molecular weight excluding hydrogens is 286 g/mol. The predicted molar refractivity (Wildman–Crippen MR) is 87.5 cm³/mol. The van der Waals surface area contributed by atoms with Crippen molar-refractivity contribution in [2.75, 3.05) is 13.7 Å². The lowest BCUT2D eigenvalue weighted by atomic mass is 10.1. The standard InChI is InChI=1S/C16H27NO3S/c1-6-12(3)21(18,19)11-15-10-14(13(4)17-5)8-9-16(15)20-7-2/h8-10,12-13,17H,6-7,11H2,1-5H3. The Balaban J connectivity index is 3.17. The van der Waals surface area contributed by atoms with Gasteiger partial charge in [-0.2, -0.15) is 0 Å². The molecule has 5 heteroatoms. The number of ether oxygens (including phenoxy) is 1. The molecule has 1 rings (SSSR count). The third-order valence-corrected chi connectivity index (χ3v) is 6.13. The molecular formula is C16H27NO3S. The second-order valence-electron chi connectivity index (χ2n) is 5.34. The molecule has 0 saturated carbocycles. The quantitative estimate of drug-likeness (QED) is 0.801. The zero-order valence-corrected chi connectivity index (χ0v) is 14.5. The minimum absolute atomic E-state index is 0.0294. The monoisotopic (exact) mass is 313 g/mol. The maximum absolute atomic E-state index is 12.4. The summed E-state index contributed by atoms with van der Waals surface area (Å²) < 4.78 is 30.3. The fraction of sp³-hybridized carbons (Fsp3) is 0.625. The van der Waals surface area contributed by atoms with E-state index in [9.17, 15) is 8.42 Å². The van der Waals surface area contributed by atoms with Gasteiger partial charge in [0.1, 0.15) is 5.75 Å². The first kappa shape index (κ1) is 18.0. The molecule has 0 fully saturated rings. The Morgan fingerprint density at radius 3 is 2.43 bits per heavy atom. The minimum Gasteiger partial charge on any atom is -0.494 e. The highest BCUT2D eigenvalue weighted by Crippen LogP contribution is 2.27. The summed E-state index contributed by atoms with van der Waals surface area (Å²) in [7, 11) is -1.27. The maximum Gasteiger partial charge on any atom is 0.157 e. The van der Waals surface area contributed by atoms with Crippen LogP contribution < -0.4 is 10.1 Å². The van der Waals surface area contributed by atoms with E-state index in [0.29, 0.717) is 18.8 Å². The van der Waals surface area contributed by atoms with Crippen LogP contribution in [0.15, 0.2) is 18.2 Å². The van der Waals surface area contributed by atoms with Crippen molar-refractivity contribution in [3.05, 3.63) is 29.3 Å². The van der Waals surface area contributed by atoms with Crippen molar-refractivity contribution in [1.82, 2.24) is 5.32 Å². The van der Waals surface area contributed by atoms with Crippen molar-refractivity contribution in [2.45, 2.75) is 51.2 Å². The number of hydrogen-bond acceptors (Lipinski definition) is 4. The van der Waals surface area contributed by atoms with Gasteiger partial charge in [0.25, 0.3) is 0 Å². The van der Waals surface area contributed by atoms with E-state index in [2.05, 4.69) is 5.32 Å². The van der Waals surface area contributed by atoms with Gasteiger partial charge in [-0.3, -0.25) is 0 Å². The van der Waals surface area contributed by atoms with Crippen molar-refractivity contribution in [3.63, 3.8) is 0 Å². The van der Waals surface area contributed by atoms with Crippen molar-refractivity contribution >= 4 is 9.84 Å². The smallest absolute Gasteiger partial charge is 0.157 e. The van der Waals surface area contributed by atoms with E-state index in [1.54, 1.807) is 6.92 Å². The SMILES string of the molecule is CCOc1ccc(C(C)NC)cc1CS(=O)(=O)C(C)CC. The lowest BCUT2D eigenvalue weighted by molar-refractivity contribution is 0.337. The van der Waals surface area contributed by atoms with Gasteiger partial charge in [-0.05, 0) is 51.9 Å². The van der Waals surface area contributed by atoms with Crippen LogP contribution in [0.5, 0.6) is 5.75 Å². The zero-order valence-electron chi connectivity index (χ0n) is 13.6. The molecule has 21 heavy (non-hydrogen) atoms. The second kappa shape index (κ2) is 7.80. The molecule has 4 nitrogen and oxygen atoms in total. The number of rotatable bonds is 8. The lowest BCUT2D eigenvalue weighted by Gasteiger charge is -2.17. The largest absolute Gasteiger partial charge is 0.494 e. The van der Waals surface area contributed by atoms with Crippen LogP contribution in [0.3, 0.4) is 0 Å². The van der Waals surface area contributed by atoms with Gasteiger partial charge < -0.3 is 10.1 Å². The van der Waals surface area contributed by atoms with Gasteiger partial charge >= 0.3 is 0 Å². The summed E-state index contributed by atoms with van der Waals surface area (Å²) in [5.41, 5.74) is 1.81. The number of sulfone groups is 1. The van der Waals surface area contributed by atoms with Crippen LogP contribution in [0, 0.1) is 0 Å². The Bertz CT molecular complexity index is 555. The normalized spacial score (nSPS) is 14.7. The van der Waals surface area contributed by atoms with E-state index < -0.39 is 9.84 Å². The fourth-order valence-corrected chi connectivity index (χ4v) is 3.51. The summed E-state index contributed by atoms with van der Waals surface area (Å²) in [5, 5.41) is 2.83. The van der Waals surface area contributed by atoms with Gasteiger partial charge in [0.2, 0.25) is 0 Å². The van der Waals surface area contributed by atoms with Gasteiger partial charge in [-0.25, -0.2) is 8.42 Å². The molecule has 0 aliphatic carbocycles. The molecule has 1 aromatic rings. The van der Waals surface area contributed by atoms with Crippen LogP contribution in [-0.4, -0.2) is 27.3 Å². The molecule has 0 aliphatic heterocycles. The third kappa shape index (κ3) is 4.71. The Morgan fingerprint density at radius 2 is 1.90 bits per heavy atom. The summed E-state index contributed by atoms with van der Waals surface area (Å²) in [6, 6.07) is 5.96. The van der Waals surface area contributed by atoms with Crippen LogP contribution >= 0.6 is 0 Å². The van der Waals surface area contributed by atoms with Gasteiger partial charge in [-0.1, -0.05) is 13.0 Å². The van der Waals surface area contributed by atoms with Crippen molar-refractivity contribution in [3.8, 4) is 5.75 Å². The van der Waals surface area contributed by atoms with Gasteiger partial charge in [0, 0.05) is 11.6 Å². The summed E-state index contributed by atoms with van der Waals surface area (Å²) in [5.74, 6) is 0.693. The summed E-state index contributed by atoms with van der Waals surface area (Å²) >= 11 is 0. The predicted octanol–water partition coefficient (Wildman–Crippen LogP) is 3.08. The highest BCUT2D eigenvalue weighted by molar-refractivity contribution is 7.91. The van der Waals surface area contributed by atoms with Gasteiger partial charge in [-0.15, -0.1) is 0 Å². The Labute approximate surface area is 128 Å². The molecule has 1 N–H and O–H groups in total. The van der Waals surface area contributed by atoms with E-state index >= 15 is 0 Å². The average Bonchev–Trinajstić information content (AvgIpc) is 2.47. The zero-order chi connectivity index (χ0) is 16.0. The third-order valence-electron chi connectivity index (χ3n) is 3.86. The van der Waals surface area contributed by atoms with Crippen LogP contribution in [-0.2, 0) is 15.6 Å².